The van der Waals surface area contributed by atoms with Crippen LogP contribution in [0.4, 0.5) is 0 Å². The summed E-state index contributed by atoms with van der Waals surface area (Å²) in [5, 5.41) is 8.60. The standard InChI is InChI=1S/C17H16BrNO2/c18-16-5-1-15(2-6-16)13-20-11-12-21-17-7-3-14(4-8-17)9-10-19/h1-8H,9,11-13H2. The zero-order valence-electron chi connectivity index (χ0n) is 11.6. The Bertz CT molecular complexity index is 588. The summed E-state index contributed by atoms with van der Waals surface area (Å²) in [5.41, 5.74) is 2.13. The van der Waals surface area contributed by atoms with E-state index in [9.17, 15) is 0 Å². The minimum atomic E-state index is 0.427. The first-order valence-electron chi connectivity index (χ1n) is 6.69. The summed E-state index contributed by atoms with van der Waals surface area (Å²) >= 11 is 3.40. The highest BCUT2D eigenvalue weighted by Gasteiger charge is 1.97. The lowest BCUT2D eigenvalue weighted by Gasteiger charge is -2.08. The molecule has 21 heavy (non-hydrogen) atoms. The van der Waals surface area contributed by atoms with Crippen LogP contribution in [0.25, 0.3) is 0 Å². The van der Waals surface area contributed by atoms with Crippen molar-refractivity contribution in [3.8, 4) is 11.8 Å². The maximum atomic E-state index is 8.60. The molecule has 0 radical (unpaired) electrons. The number of rotatable bonds is 7. The van der Waals surface area contributed by atoms with Crippen LogP contribution in [-0.4, -0.2) is 13.2 Å². The fraction of sp³-hybridized carbons (Fsp3) is 0.235. The predicted octanol–water partition coefficient (Wildman–Crippen LogP) is 4.11. The number of nitrogens with zero attached hydrogens (tertiary/aromatic N) is 1. The van der Waals surface area contributed by atoms with Gasteiger partial charge in [0.05, 0.1) is 25.7 Å². The molecule has 2 aromatic carbocycles. The SMILES string of the molecule is N#CCc1ccc(OCCOCc2ccc(Br)cc2)cc1. The van der Waals surface area contributed by atoms with Crippen molar-refractivity contribution in [1.29, 1.82) is 5.26 Å². The molecule has 0 saturated carbocycles. The first-order chi connectivity index (χ1) is 10.3. The molecule has 0 saturated heterocycles. The number of ether oxygens (including phenoxy) is 2. The molecule has 2 rings (SSSR count). The van der Waals surface area contributed by atoms with Crippen LogP contribution in [-0.2, 0) is 17.8 Å². The van der Waals surface area contributed by atoms with Gasteiger partial charge in [-0.15, -0.1) is 0 Å². The molecule has 0 aromatic heterocycles. The average Bonchev–Trinajstić information content (AvgIpc) is 2.51. The van der Waals surface area contributed by atoms with Crippen molar-refractivity contribution in [2.45, 2.75) is 13.0 Å². The molecule has 0 bridgehead atoms. The third-order valence-electron chi connectivity index (χ3n) is 2.88. The molecule has 0 fully saturated rings. The molecule has 0 aliphatic rings. The van der Waals surface area contributed by atoms with Gasteiger partial charge in [0.2, 0.25) is 0 Å². The molecule has 0 aliphatic heterocycles. The quantitative estimate of drug-likeness (QED) is 0.709. The van der Waals surface area contributed by atoms with Gasteiger partial charge >= 0.3 is 0 Å². The Morgan fingerprint density at radius 3 is 2.24 bits per heavy atom. The fourth-order valence-electron chi connectivity index (χ4n) is 1.78. The summed E-state index contributed by atoms with van der Waals surface area (Å²) in [4.78, 5) is 0. The lowest BCUT2D eigenvalue weighted by atomic mass is 10.2. The van der Waals surface area contributed by atoms with E-state index in [1.807, 2.05) is 48.5 Å². The maximum absolute atomic E-state index is 8.60. The van der Waals surface area contributed by atoms with Crippen molar-refractivity contribution in [3.05, 3.63) is 64.1 Å². The van der Waals surface area contributed by atoms with E-state index in [4.69, 9.17) is 14.7 Å². The number of hydrogen-bond acceptors (Lipinski definition) is 3. The number of benzene rings is 2. The van der Waals surface area contributed by atoms with E-state index in [1.165, 1.54) is 0 Å². The molecule has 0 heterocycles. The highest BCUT2D eigenvalue weighted by atomic mass is 79.9. The minimum Gasteiger partial charge on any atom is -0.491 e. The molecule has 0 aliphatic carbocycles. The molecule has 2 aromatic rings. The Hall–Kier alpha value is -1.83. The van der Waals surface area contributed by atoms with Gasteiger partial charge in [0.1, 0.15) is 12.4 Å². The van der Waals surface area contributed by atoms with Gasteiger partial charge in [0.25, 0.3) is 0 Å². The Morgan fingerprint density at radius 2 is 1.57 bits per heavy atom. The Balaban J connectivity index is 1.65. The second-order valence-electron chi connectivity index (χ2n) is 4.51. The Kier molecular flexibility index (Phi) is 6.26. The van der Waals surface area contributed by atoms with Crippen LogP contribution in [0, 0.1) is 11.3 Å². The van der Waals surface area contributed by atoms with Crippen molar-refractivity contribution in [3.63, 3.8) is 0 Å². The molecule has 0 spiro atoms. The molecule has 0 unspecified atom stereocenters. The van der Waals surface area contributed by atoms with Crippen LogP contribution in [0.3, 0.4) is 0 Å². The monoisotopic (exact) mass is 345 g/mol. The van der Waals surface area contributed by atoms with E-state index in [2.05, 4.69) is 22.0 Å². The summed E-state index contributed by atoms with van der Waals surface area (Å²) in [6.07, 6.45) is 0.427. The van der Waals surface area contributed by atoms with E-state index in [0.717, 1.165) is 21.3 Å². The topological polar surface area (TPSA) is 42.2 Å². The summed E-state index contributed by atoms with van der Waals surface area (Å²) in [6, 6.07) is 17.7. The average molecular weight is 346 g/mol. The van der Waals surface area contributed by atoms with E-state index in [-0.39, 0.29) is 0 Å². The number of nitriles is 1. The van der Waals surface area contributed by atoms with Crippen molar-refractivity contribution >= 4 is 15.9 Å². The Morgan fingerprint density at radius 1 is 0.905 bits per heavy atom. The normalized spacial score (nSPS) is 10.1. The predicted molar refractivity (Wildman–Crippen MR) is 85.1 cm³/mol. The first kappa shape index (κ1) is 15.6. The van der Waals surface area contributed by atoms with Gasteiger partial charge in [-0.05, 0) is 35.4 Å². The number of halogens is 1. The zero-order chi connectivity index (χ0) is 14.9. The lowest BCUT2D eigenvalue weighted by Crippen LogP contribution is -2.06. The summed E-state index contributed by atoms with van der Waals surface area (Å²) in [6.45, 7) is 1.63. The fourth-order valence-corrected chi connectivity index (χ4v) is 2.05. The van der Waals surface area contributed by atoms with Crippen molar-refractivity contribution in [2.24, 2.45) is 0 Å². The van der Waals surface area contributed by atoms with Crippen LogP contribution in [0.2, 0.25) is 0 Å². The van der Waals surface area contributed by atoms with Gasteiger partial charge in [0, 0.05) is 4.47 Å². The molecule has 0 N–H and O–H groups in total. The maximum Gasteiger partial charge on any atom is 0.119 e. The smallest absolute Gasteiger partial charge is 0.119 e. The molecular weight excluding hydrogens is 330 g/mol. The second kappa shape index (κ2) is 8.46. The Labute approximate surface area is 133 Å². The molecule has 0 atom stereocenters. The summed E-state index contributed by atoms with van der Waals surface area (Å²) < 4.78 is 12.2. The number of hydrogen-bond donors (Lipinski definition) is 0. The summed E-state index contributed by atoms with van der Waals surface area (Å²) in [5.74, 6) is 0.795. The lowest BCUT2D eigenvalue weighted by molar-refractivity contribution is 0.0889. The van der Waals surface area contributed by atoms with E-state index < -0.39 is 0 Å². The van der Waals surface area contributed by atoms with Gasteiger partial charge in [-0.3, -0.25) is 0 Å². The highest BCUT2D eigenvalue weighted by Crippen LogP contribution is 2.13. The second-order valence-corrected chi connectivity index (χ2v) is 5.42. The molecule has 3 nitrogen and oxygen atoms in total. The van der Waals surface area contributed by atoms with Crippen LogP contribution < -0.4 is 4.74 Å². The van der Waals surface area contributed by atoms with Crippen LogP contribution in [0.15, 0.2) is 53.0 Å². The van der Waals surface area contributed by atoms with Gasteiger partial charge in [-0.25, -0.2) is 0 Å². The zero-order valence-corrected chi connectivity index (χ0v) is 13.2. The van der Waals surface area contributed by atoms with Crippen molar-refractivity contribution < 1.29 is 9.47 Å². The highest BCUT2D eigenvalue weighted by molar-refractivity contribution is 9.10. The van der Waals surface area contributed by atoms with Gasteiger partial charge in [0.15, 0.2) is 0 Å². The molecule has 108 valence electrons. The van der Waals surface area contributed by atoms with Gasteiger partial charge < -0.3 is 9.47 Å². The van der Waals surface area contributed by atoms with Crippen molar-refractivity contribution in [2.75, 3.05) is 13.2 Å². The largest absolute Gasteiger partial charge is 0.491 e. The van der Waals surface area contributed by atoms with Crippen LogP contribution >= 0.6 is 15.9 Å². The van der Waals surface area contributed by atoms with Crippen LogP contribution in [0.5, 0.6) is 5.75 Å². The van der Waals surface area contributed by atoms with E-state index in [0.29, 0.717) is 26.2 Å². The van der Waals surface area contributed by atoms with Crippen molar-refractivity contribution in [1.82, 2.24) is 0 Å². The minimum absolute atomic E-state index is 0.427. The van der Waals surface area contributed by atoms with E-state index >= 15 is 0 Å². The third kappa shape index (κ3) is 5.58. The van der Waals surface area contributed by atoms with Crippen LogP contribution in [0.1, 0.15) is 11.1 Å². The third-order valence-corrected chi connectivity index (χ3v) is 3.41. The summed E-state index contributed by atoms with van der Waals surface area (Å²) in [7, 11) is 0. The first-order valence-corrected chi connectivity index (χ1v) is 7.48. The molecular formula is C17H16BrNO2. The molecule has 4 heteroatoms. The molecule has 0 amide bonds. The van der Waals surface area contributed by atoms with E-state index in [1.54, 1.807) is 0 Å². The van der Waals surface area contributed by atoms with Gasteiger partial charge in [-0.2, -0.15) is 5.26 Å². The van der Waals surface area contributed by atoms with Gasteiger partial charge in [-0.1, -0.05) is 40.2 Å².